The van der Waals surface area contributed by atoms with Crippen LogP contribution in [-0.4, -0.2) is 6.04 Å². The van der Waals surface area contributed by atoms with Gasteiger partial charge < -0.3 is 5.73 Å². The second kappa shape index (κ2) is 3.31. The molecule has 0 saturated heterocycles. The molecular weight excluding hydrogens is 184 g/mol. The van der Waals surface area contributed by atoms with Crippen LogP contribution in [0.1, 0.15) is 24.8 Å². The van der Waals surface area contributed by atoms with Crippen LogP contribution >= 0.6 is 0 Å². The summed E-state index contributed by atoms with van der Waals surface area (Å²) in [6, 6.07) is 3.73. The Morgan fingerprint density at radius 2 is 2.07 bits per heavy atom. The Bertz CT molecular complexity index is 351. The highest BCUT2D eigenvalue weighted by Crippen LogP contribution is 2.42. The summed E-state index contributed by atoms with van der Waals surface area (Å²) in [6.45, 7) is 1.98. The summed E-state index contributed by atoms with van der Waals surface area (Å²) in [5, 5.41) is 0. The SMILES string of the molecule is CC1C(N)CC1c1cc(F)ccc1F. The largest absolute Gasteiger partial charge is 0.327 e. The number of benzene rings is 1. The molecule has 0 aliphatic heterocycles. The van der Waals surface area contributed by atoms with E-state index in [9.17, 15) is 8.78 Å². The molecule has 0 aromatic heterocycles. The van der Waals surface area contributed by atoms with E-state index < -0.39 is 0 Å². The standard InChI is InChI=1S/C11H13F2N/c1-6-8(5-11(6)14)9-4-7(12)2-3-10(9)13/h2-4,6,8,11H,5,14H2,1H3. The van der Waals surface area contributed by atoms with Crippen LogP contribution in [0.25, 0.3) is 0 Å². The Morgan fingerprint density at radius 3 is 2.64 bits per heavy atom. The molecule has 1 saturated carbocycles. The van der Waals surface area contributed by atoms with Crippen molar-refractivity contribution in [2.45, 2.75) is 25.3 Å². The predicted octanol–water partition coefficient (Wildman–Crippen LogP) is 2.42. The lowest BCUT2D eigenvalue weighted by atomic mass is 9.67. The third-order valence-electron chi connectivity index (χ3n) is 3.19. The Balaban J connectivity index is 2.28. The maximum atomic E-state index is 13.3. The Hall–Kier alpha value is -0.960. The predicted molar refractivity (Wildman–Crippen MR) is 50.9 cm³/mol. The fourth-order valence-electron chi connectivity index (χ4n) is 2.03. The van der Waals surface area contributed by atoms with Gasteiger partial charge >= 0.3 is 0 Å². The molecule has 1 aromatic carbocycles. The molecular formula is C11H13F2N. The van der Waals surface area contributed by atoms with Crippen molar-refractivity contribution in [3.63, 3.8) is 0 Å². The first-order valence-corrected chi connectivity index (χ1v) is 4.80. The summed E-state index contributed by atoms with van der Waals surface area (Å²) in [7, 11) is 0. The molecule has 0 spiro atoms. The summed E-state index contributed by atoms with van der Waals surface area (Å²) >= 11 is 0. The van der Waals surface area contributed by atoms with E-state index >= 15 is 0 Å². The first-order valence-electron chi connectivity index (χ1n) is 4.80. The molecule has 1 aliphatic rings. The Kier molecular flexibility index (Phi) is 2.27. The summed E-state index contributed by atoms with van der Waals surface area (Å²) in [5.41, 5.74) is 6.19. The molecule has 14 heavy (non-hydrogen) atoms. The zero-order valence-electron chi connectivity index (χ0n) is 8.00. The van der Waals surface area contributed by atoms with E-state index in [0.29, 0.717) is 5.56 Å². The van der Waals surface area contributed by atoms with Gasteiger partial charge in [0, 0.05) is 6.04 Å². The minimum Gasteiger partial charge on any atom is -0.327 e. The van der Waals surface area contributed by atoms with Gasteiger partial charge in [-0.25, -0.2) is 8.78 Å². The lowest BCUT2D eigenvalue weighted by Gasteiger charge is -2.40. The quantitative estimate of drug-likeness (QED) is 0.735. The van der Waals surface area contributed by atoms with Crippen LogP contribution in [-0.2, 0) is 0 Å². The van der Waals surface area contributed by atoms with Crippen molar-refractivity contribution >= 4 is 0 Å². The highest BCUT2D eigenvalue weighted by Gasteiger charge is 2.37. The van der Waals surface area contributed by atoms with E-state index in [1.165, 1.54) is 12.1 Å². The lowest BCUT2D eigenvalue weighted by molar-refractivity contribution is 0.221. The fraction of sp³-hybridized carbons (Fsp3) is 0.455. The van der Waals surface area contributed by atoms with Gasteiger partial charge in [0.2, 0.25) is 0 Å². The van der Waals surface area contributed by atoms with Gasteiger partial charge in [-0.15, -0.1) is 0 Å². The Labute approximate surface area is 81.9 Å². The molecule has 3 heteroatoms. The summed E-state index contributed by atoms with van der Waals surface area (Å²) < 4.78 is 26.2. The number of hydrogen-bond acceptors (Lipinski definition) is 1. The van der Waals surface area contributed by atoms with E-state index in [1.807, 2.05) is 6.92 Å². The van der Waals surface area contributed by atoms with Crippen LogP contribution in [0, 0.1) is 17.6 Å². The zero-order chi connectivity index (χ0) is 10.3. The van der Waals surface area contributed by atoms with E-state index in [2.05, 4.69) is 0 Å². The van der Waals surface area contributed by atoms with Gasteiger partial charge in [-0.2, -0.15) is 0 Å². The molecule has 0 bridgehead atoms. The van der Waals surface area contributed by atoms with Crippen LogP contribution in [0.4, 0.5) is 8.78 Å². The smallest absolute Gasteiger partial charge is 0.126 e. The van der Waals surface area contributed by atoms with Crippen molar-refractivity contribution < 1.29 is 8.78 Å². The number of rotatable bonds is 1. The third-order valence-corrected chi connectivity index (χ3v) is 3.19. The zero-order valence-corrected chi connectivity index (χ0v) is 8.00. The molecule has 3 unspecified atom stereocenters. The van der Waals surface area contributed by atoms with Gasteiger partial charge in [0.05, 0.1) is 0 Å². The van der Waals surface area contributed by atoms with Crippen molar-refractivity contribution in [1.82, 2.24) is 0 Å². The van der Waals surface area contributed by atoms with E-state index in [4.69, 9.17) is 5.73 Å². The van der Waals surface area contributed by atoms with E-state index in [1.54, 1.807) is 0 Å². The van der Waals surface area contributed by atoms with Crippen LogP contribution in [0.5, 0.6) is 0 Å². The van der Waals surface area contributed by atoms with Crippen molar-refractivity contribution in [1.29, 1.82) is 0 Å². The molecule has 3 atom stereocenters. The minimum absolute atomic E-state index is 0.0840. The number of nitrogens with two attached hydrogens (primary N) is 1. The molecule has 0 amide bonds. The molecule has 1 aliphatic carbocycles. The number of halogens is 2. The number of hydrogen-bond donors (Lipinski definition) is 1. The van der Waals surface area contributed by atoms with Crippen LogP contribution in [0.15, 0.2) is 18.2 Å². The normalized spacial score (nSPS) is 31.3. The van der Waals surface area contributed by atoms with E-state index in [0.717, 1.165) is 12.5 Å². The van der Waals surface area contributed by atoms with Crippen molar-refractivity contribution in [2.75, 3.05) is 0 Å². The topological polar surface area (TPSA) is 26.0 Å². The molecule has 1 nitrogen and oxygen atoms in total. The van der Waals surface area contributed by atoms with E-state index in [-0.39, 0.29) is 29.5 Å². The second-order valence-corrected chi connectivity index (χ2v) is 4.03. The molecule has 0 heterocycles. The average Bonchev–Trinajstić information content (AvgIpc) is 2.18. The summed E-state index contributed by atoms with van der Waals surface area (Å²) in [6.07, 6.45) is 0.752. The fourth-order valence-corrected chi connectivity index (χ4v) is 2.03. The van der Waals surface area contributed by atoms with Gasteiger partial charge in [0.25, 0.3) is 0 Å². The van der Waals surface area contributed by atoms with Crippen LogP contribution in [0.2, 0.25) is 0 Å². The lowest BCUT2D eigenvalue weighted by Crippen LogP contribution is -2.44. The summed E-state index contributed by atoms with van der Waals surface area (Å²) in [5.74, 6) is -0.378. The average molecular weight is 197 g/mol. The third kappa shape index (κ3) is 1.42. The van der Waals surface area contributed by atoms with Gasteiger partial charge in [-0.05, 0) is 42.0 Å². The van der Waals surface area contributed by atoms with Gasteiger partial charge in [-0.3, -0.25) is 0 Å². The maximum absolute atomic E-state index is 13.3. The highest BCUT2D eigenvalue weighted by molar-refractivity contribution is 5.26. The second-order valence-electron chi connectivity index (χ2n) is 4.03. The van der Waals surface area contributed by atoms with Crippen molar-refractivity contribution in [3.05, 3.63) is 35.4 Å². The van der Waals surface area contributed by atoms with Crippen molar-refractivity contribution in [3.8, 4) is 0 Å². The molecule has 2 N–H and O–H groups in total. The minimum atomic E-state index is -0.380. The molecule has 76 valence electrons. The Morgan fingerprint density at radius 1 is 1.36 bits per heavy atom. The molecule has 1 fully saturated rings. The van der Waals surface area contributed by atoms with Gasteiger partial charge in [0.15, 0.2) is 0 Å². The monoisotopic (exact) mass is 197 g/mol. The highest BCUT2D eigenvalue weighted by atomic mass is 19.1. The van der Waals surface area contributed by atoms with Crippen molar-refractivity contribution in [2.24, 2.45) is 11.7 Å². The first kappa shape index (κ1) is 9.59. The summed E-state index contributed by atoms with van der Waals surface area (Å²) in [4.78, 5) is 0. The van der Waals surface area contributed by atoms with Gasteiger partial charge in [0.1, 0.15) is 11.6 Å². The molecule has 1 aromatic rings. The van der Waals surface area contributed by atoms with Gasteiger partial charge in [-0.1, -0.05) is 6.92 Å². The van der Waals surface area contributed by atoms with Crippen LogP contribution < -0.4 is 5.73 Å². The molecule has 0 radical (unpaired) electrons. The maximum Gasteiger partial charge on any atom is 0.126 e. The first-order chi connectivity index (χ1) is 6.59. The van der Waals surface area contributed by atoms with Crippen LogP contribution in [0.3, 0.4) is 0 Å². The molecule has 2 rings (SSSR count).